The molecule has 0 bridgehead atoms. The zero-order valence-electron chi connectivity index (χ0n) is 10.5. The summed E-state index contributed by atoms with van der Waals surface area (Å²) in [6.45, 7) is 4.80. The van der Waals surface area contributed by atoms with Gasteiger partial charge in [0.25, 0.3) is 0 Å². The second-order valence-corrected chi connectivity index (χ2v) is 4.74. The van der Waals surface area contributed by atoms with Crippen LogP contribution in [0.15, 0.2) is 24.3 Å². The molecule has 0 radical (unpaired) electrons. The fourth-order valence-corrected chi connectivity index (χ4v) is 2.77. The molecule has 0 amide bonds. The van der Waals surface area contributed by atoms with Gasteiger partial charge in [-0.25, -0.2) is 4.39 Å². The summed E-state index contributed by atoms with van der Waals surface area (Å²) in [6, 6.07) is 6.68. The van der Waals surface area contributed by atoms with Crippen LogP contribution in [0.25, 0.3) is 0 Å². The number of nitrogens with one attached hydrogen (secondary N) is 1. The molecule has 1 aromatic heterocycles. The van der Waals surface area contributed by atoms with Crippen molar-refractivity contribution in [2.24, 2.45) is 0 Å². The normalized spacial score (nSPS) is 12.6. The number of nitrogens with zero attached hydrogens (tertiary/aromatic N) is 2. The van der Waals surface area contributed by atoms with Crippen LogP contribution >= 0.6 is 11.5 Å². The number of hydrogen-bond donors (Lipinski definition) is 1. The molecule has 2 rings (SSSR count). The Morgan fingerprint density at radius 1 is 1.33 bits per heavy atom. The molecular weight excluding hydrogens is 249 g/mol. The zero-order valence-corrected chi connectivity index (χ0v) is 11.3. The van der Waals surface area contributed by atoms with Crippen molar-refractivity contribution < 1.29 is 4.39 Å². The number of rotatable bonds is 5. The van der Waals surface area contributed by atoms with Gasteiger partial charge >= 0.3 is 0 Å². The molecule has 1 N–H and O–H groups in total. The molecule has 0 aliphatic rings. The summed E-state index contributed by atoms with van der Waals surface area (Å²) >= 11 is 1.34. The highest BCUT2D eigenvalue weighted by molar-refractivity contribution is 7.05. The lowest BCUT2D eigenvalue weighted by Crippen LogP contribution is -2.23. The zero-order chi connectivity index (χ0) is 13.0. The molecule has 0 spiro atoms. The van der Waals surface area contributed by atoms with E-state index < -0.39 is 0 Å². The van der Waals surface area contributed by atoms with Gasteiger partial charge in [0.15, 0.2) is 0 Å². The van der Waals surface area contributed by atoms with Crippen molar-refractivity contribution in [1.29, 1.82) is 0 Å². The van der Waals surface area contributed by atoms with Crippen LogP contribution in [0.2, 0.25) is 0 Å². The van der Waals surface area contributed by atoms with Gasteiger partial charge in [0.05, 0.1) is 16.6 Å². The number of hydrogen-bond acceptors (Lipinski definition) is 4. The molecule has 1 heterocycles. The molecule has 1 aromatic carbocycles. The summed E-state index contributed by atoms with van der Waals surface area (Å²) in [6.07, 6.45) is 0.808. The van der Waals surface area contributed by atoms with Crippen LogP contribution in [0.3, 0.4) is 0 Å². The number of aromatic nitrogens is 2. The fraction of sp³-hybridized carbons (Fsp3) is 0.385. The van der Waals surface area contributed by atoms with Crippen molar-refractivity contribution in [1.82, 2.24) is 14.9 Å². The van der Waals surface area contributed by atoms with Crippen molar-refractivity contribution in [3.8, 4) is 0 Å². The standard InChI is InChI=1S/C13H16FN3S/c1-3-11-13(18-17-16-11)12(15-4-2)9-7-5-6-8-10(9)14/h5-8,12,15H,3-4H2,1-2H3. The average Bonchev–Trinajstić information content (AvgIpc) is 2.85. The summed E-state index contributed by atoms with van der Waals surface area (Å²) in [5.74, 6) is -0.195. The van der Waals surface area contributed by atoms with Crippen LogP contribution in [0.5, 0.6) is 0 Å². The van der Waals surface area contributed by atoms with E-state index in [1.54, 1.807) is 6.07 Å². The Balaban J connectivity index is 2.43. The highest BCUT2D eigenvalue weighted by atomic mass is 32.1. The number of aryl methyl sites for hydroxylation is 1. The lowest BCUT2D eigenvalue weighted by atomic mass is 10.0. The van der Waals surface area contributed by atoms with E-state index in [2.05, 4.69) is 14.9 Å². The first kappa shape index (κ1) is 13.1. The molecule has 1 unspecified atom stereocenters. The van der Waals surface area contributed by atoms with E-state index in [4.69, 9.17) is 0 Å². The molecule has 18 heavy (non-hydrogen) atoms. The molecule has 3 nitrogen and oxygen atoms in total. The predicted molar refractivity (Wildman–Crippen MR) is 71.2 cm³/mol. The first-order valence-corrected chi connectivity index (χ1v) is 6.84. The summed E-state index contributed by atoms with van der Waals surface area (Å²) in [4.78, 5) is 1.00. The van der Waals surface area contributed by atoms with E-state index in [9.17, 15) is 4.39 Å². The Bertz CT molecular complexity index is 512. The molecule has 0 aliphatic heterocycles. The third kappa shape index (κ3) is 2.57. The molecule has 5 heteroatoms. The second-order valence-electron chi connectivity index (χ2n) is 3.95. The van der Waals surface area contributed by atoms with Crippen LogP contribution in [0.4, 0.5) is 4.39 Å². The first-order chi connectivity index (χ1) is 8.77. The Morgan fingerprint density at radius 3 is 2.78 bits per heavy atom. The third-order valence-electron chi connectivity index (χ3n) is 2.81. The molecule has 96 valence electrons. The van der Waals surface area contributed by atoms with Crippen molar-refractivity contribution in [2.45, 2.75) is 26.3 Å². The minimum atomic E-state index is -0.195. The van der Waals surface area contributed by atoms with E-state index in [0.717, 1.165) is 23.5 Å². The van der Waals surface area contributed by atoms with Crippen molar-refractivity contribution in [3.63, 3.8) is 0 Å². The SMILES string of the molecule is CCNC(c1ccccc1F)c1snnc1CC. The average molecular weight is 265 g/mol. The first-order valence-electron chi connectivity index (χ1n) is 6.06. The van der Waals surface area contributed by atoms with E-state index in [0.29, 0.717) is 5.56 Å². The molecule has 2 aromatic rings. The quantitative estimate of drug-likeness (QED) is 0.903. The Labute approximate surface area is 110 Å². The maximum atomic E-state index is 13.9. The third-order valence-corrected chi connectivity index (χ3v) is 3.64. The van der Waals surface area contributed by atoms with E-state index in [1.165, 1.54) is 17.6 Å². The van der Waals surface area contributed by atoms with Crippen LogP contribution in [-0.4, -0.2) is 16.1 Å². The smallest absolute Gasteiger partial charge is 0.128 e. The van der Waals surface area contributed by atoms with Crippen LogP contribution in [-0.2, 0) is 6.42 Å². The number of benzene rings is 1. The molecule has 0 saturated heterocycles. The molecule has 0 aliphatic carbocycles. The van der Waals surface area contributed by atoms with Crippen molar-refractivity contribution in [3.05, 3.63) is 46.2 Å². The highest BCUT2D eigenvalue weighted by Gasteiger charge is 2.21. The van der Waals surface area contributed by atoms with Gasteiger partial charge in [-0.05, 0) is 30.6 Å². The minimum absolute atomic E-state index is 0.161. The summed E-state index contributed by atoms with van der Waals surface area (Å²) < 4.78 is 17.9. The van der Waals surface area contributed by atoms with E-state index >= 15 is 0 Å². The maximum absolute atomic E-state index is 13.9. The summed E-state index contributed by atoms with van der Waals surface area (Å²) in [7, 11) is 0. The summed E-state index contributed by atoms with van der Waals surface area (Å²) in [5.41, 5.74) is 1.59. The van der Waals surface area contributed by atoms with Crippen LogP contribution in [0, 0.1) is 5.82 Å². The van der Waals surface area contributed by atoms with Gasteiger partial charge in [-0.2, -0.15) is 0 Å². The predicted octanol–water partition coefficient (Wildman–Crippen LogP) is 2.94. The topological polar surface area (TPSA) is 37.8 Å². The monoisotopic (exact) mass is 265 g/mol. The van der Waals surface area contributed by atoms with Crippen LogP contribution < -0.4 is 5.32 Å². The van der Waals surface area contributed by atoms with Gasteiger partial charge in [-0.1, -0.05) is 36.5 Å². The second kappa shape index (κ2) is 6.02. The van der Waals surface area contributed by atoms with Crippen LogP contribution in [0.1, 0.15) is 36.0 Å². The Hall–Kier alpha value is -1.33. The van der Waals surface area contributed by atoms with Gasteiger partial charge in [0.1, 0.15) is 5.82 Å². The lowest BCUT2D eigenvalue weighted by molar-refractivity contribution is 0.560. The van der Waals surface area contributed by atoms with Gasteiger partial charge in [0, 0.05) is 5.56 Å². The fourth-order valence-electron chi connectivity index (χ4n) is 1.94. The summed E-state index contributed by atoms with van der Waals surface area (Å²) in [5, 5.41) is 7.41. The molecule has 0 saturated carbocycles. The molecule has 1 atom stereocenters. The highest BCUT2D eigenvalue weighted by Crippen LogP contribution is 2.28. The molecule has 0 fully saturated rings. The van der Waals surface area contributed by atoms with Gasteiger partial charge in [-0.3, -0.25) is 0 Å². The Kier molecular flexibility index (Phi) is 4.38. The number of halogens is 1. The van der Waals surface area contributed by atoms with Gasteiger partial charge in [-0.15, -0.1) is 5.10 Å². The van der Waals surface area contributed by atoms with E-state index in [-0.39, 0.29) is 11.9 Å². The van der Waals surface area contributed by atoms with Crippen molar-refractivity contribution >= 4 is 11.5 Å². The Morgan fingerprint density at radius 2 is 2.11 bits per heavy atom. The van der Waals surface area contributed by atoms with Gasteiger partial charge < -0.3 is 5.32 Å². The van der Waals surface area contributed by atoms with Crippen molar-refractivity contribution in [2.75, 3.05) is 6.54 Å². The van der Waals surface area contributed by atoms with E-state index in [1.807, 2.05) is 26.0 Å². The lowest BCUT2D eigenvalue weighted by Gasteiger charge is -2.17. The largest absolute Gasteiger partial charge is 0.306 e. The maximum Gasteiger partial charge on any atom is 0.128 e. The van der Waals surface area contributed by atoms with Gasteiger partial charge in [0.2, 0.25) is 0 Å². The minimum Gasteiger partial charge on any atom is -0.306 e. The molecular formula is C13H16FN3S.